The molecule has 0 saturated carbocycles. The molecule has 4 aromatic rings. The van der Waals surface area contributed by atoms with Crippen molar-refractivity contribution in [2.24, 2.45) is 0 Å². The van der Waals surface area contributed by atoms with Crippen molar-refractivity contribution in [3.63, 3.8) is 0 Å². The van der Waals surface area contributed by atoms with Crippen molar-refractivity contribution in [1.82, 2.24) is 19.4 Å². The van der Waals surface area contributed by atoms with Gasteiger partial charge in [-0.1, -0.05) is 18.2 Å². The first-order valence-corrected chi connectivity index (χ1v) is 10.4. The molecular weight excluding hydrogens is 390 g/mol. The molecule has 31 heavy (non-hydrogen) atoms. The summed E-state index contributed by atoms with van der Waals surface area (Å²) in [5.41, 5.74) is 3.73. The van der Waals surface area contributed by atoms with Crippen molar-refractivity contribution in [3.05, 3.63) is 78.5 Å². The van der Waals surface area contributed by atoms with Gasteiger partial charge in [-0.2, -0.15) is 0 Å². The third-order valence-corrected chi connectivity index (χ3v) is 5.89. The number of likely N-dealkylation sites (tertiary alicyclic amines) is 1. The van der Waals surface area contributed by atoms with E-state index in [0.717, 1.165) is 28.0 Å². The molecule has 2 aromatic carbocycles. The van der Waals surface area contributed by atoms with E-state index in [4.69, 9.17) is 0 Å². The SMILES string of the molecule is Cc1nccn1-c1ccc(NC(=O)C2CCC(=O)N2Cc2c[nH]c3ccccc23)cc1. The van der Waals surface area contributed by atoms with Crippen LogP contribution in [-0.2, 0) is 16.1 Å². The van der Waals surface area contributed by atoms with E-state index in [1.807, 2.05) is 72.4 Å². The highest BCUT2D eigenvalue weighted by Gasteiger charge is 2.36. The maximum Gasteiger partial charge on any atom is 0.247 e. The van der Waals surface area contributed by atoms with Crippen LogP contribution in [0.2, 0.25) is 0 Å². The van der Waals surface area contributed by atoms with Crippen LogP contribution in [0.5, 0.6) is 0 Å². The van der Waals surface area contributed by atoms with E-state index in [1.165, 1.54) is 0 Å². The number of amides is 2. The zero-order valence-electron chi connectivity index (χ0n) is 17.2. The number of carbonyl (C=O) groups excluding carboxylic acids is 2. The van der Waals surface area contributed by atoms with Gasteiger partial charge in [0.05, 0.1) is 0 Å². The topological polar surface area (TPSA) is 83.0 Å². The van der Waals surface area contributed by atoms with Crippen LogP contribution in [0.15, 0.2) is 67.1 Å². The predicted molar refractivity (Wildman–Crippen MR) is 119 cm³/mol. The number of H-pyrrole nitrogens is 1. The number of nitrogens with one attached hydrogen (secondary N) is 2. The smallest absolute Gasteiger partial charge is 0.247 e. The number of imidazole rings is 1. The largest absolute Gasteiger partial charge is 0.361 e. The van der Waals surface area contributed by atoms with Crippen molar-refractivity contribution in [2.75, 3.05) is 5.32 Å². The second-order valence-corrected chi connectivity index (χ2v) is 7.82. The minimum Gasteiger partial charge on any atom is -0.361 e. The van der Waals surface area contributed by atoms with Crippen molar-refractivity contribution < 1.29 is 9.59 Å². The van der Waals surface area contributed by atoms with Gasteiger partial charge >= 0.3 is 0 Å². The summed E-state index contributed by atoms with van der Waals surface area (Å²) in [4.78, 5) is 34.7. The molecule has 2 N–H and O–H groups in total. The second kappa shape index (κ2) is 7.75. The number of para-hydroxylation sites is 1. The molecule has 1 aliphatic heterocycles. The Balaban J connectivity index is 1.31. The third-order valence-electron chi connectivity index (χ3n) is 5.89. The minimum atomic E-state index is -0.475. The summed E-state index contributed by atoms with van der Waals surface area (Å²) < 4.78 is 1.98. The second-order valence-electron chi connectivity index (χ2n) is 7.82. The van der Waals surface area contributed by atoms with E-state index in [2.05, 4.69) is 15.3 Å². The van der Waals surface area contributed by atoms with E-state index < -0.39 is 6.04 Å². The monoisotopic (exact) mass is 413 g/mol. The highest BCUT2D eigenvalue weighted by atomic mass is 16.2. The lowest BCUT2D eigenvalue weighted by molar-refractivity contribution is -0.133. The lowest BCUT2D eigenvalue weighted by Gasteiger charge is -2.24. The molecule has 3 heterocycles. The van der Waals surface area contributed by atoms with Crippen LogP contribution in [0.25, 0.3) is 16.6 Å². The van der Waals surface area contributed by atoms with Crippen molar-refractivity contribution in [1.29, 1.82) is 0 Å². The number of benzene rings is 2. The molecule has 1 fully saturated rings. The molecule has 0 aliphatic carbocycles. The first-order chi connectivity index (χ1) is 15.1. The van der Waals surface area contributed by atoms with Crippen LogP contribution >= 0.6 is 0 Å². The van der Waals surface area contributed by atoms with Crippen LogP contribution in [-0.4, -0.2) is 37.3 Å². The molecule has 156 valence electrons. The molecule has 1 saturated heterocycles. The summed E-state index contributed by atoms with van der Waals surface area (Å²) in [6.45, 7) is 2.36. The van der Waals surface area contributed by atoms with Crippen LogP contribution in [0, 0.1) is 6.92 Å². The quantitative estimate of drug-likeness (QED) is 0.522. The Morgan fingerprint density at radius 2 is 2.00 bits per heavy atom. The Hall–Kier alpha value is -3.87. The predicted octanol–water partition coefficient (Wildman–Crippen LogP) is 3.79. The number of fused-ring (bicyclic) bond motifs is 1. The fourth-order valence-corrected chi connectivity index (χ4v) is 4.23. The molecule has 1 aliphatic rings. The van der Waals surface area contributed by atoms with Gasteiger partial charge in [0, 0.05) is 53.8 Å². The van der Waals surface area contributed by atoms with Crippen LogP contribution in [0.3, 0.4) is 0 Å². The van der Waals surface area contributed by atoms with Crippen molar-refractivity contribution in [3.8, 4) is 5.69 Å². The van der Waals surface area contributed by atoms with Crippen molar-refractivity contribution >= 4 is 28.4 Å². The fraction of sp³-hybridized carbons (Fsp3) is 0.208. The molecule has 5 rings (SSSR count). The van der Waals surface area contributed by atoms with Gasteiger partial charge in [-0.05, 0) is 49.2 Å². The number of nitrogens with zero attached hydrogens (tertiary/aromatic N) is 3. The first kappa shape index (κ1) is 19.1. The summed E-state index contributed by atoms with van der Waals surface area (Å²) in [7, 11) is 0. The minimum absolute atomic E-state index is 0.0105. The molecule has 0 radical (unpaired) electrons. The first-order valence-electron chi connectivity index (χ1n) is 10.4. The van der Waals surface area contributed by atoms with Gasteiger partial charge in [0.25, 0.3) is 0 Å². The average molecular weight is 413 g/mol. The van der Waals surface area contributed by atoms with Crippen molar-refractivity contribution in [2.45, 2.75) is 32.4 Å². The highest BCUT2D eigenvalue weighted by Crippen LogP contribution is 2.26. The number of aromatic amines is 1. The number of hydrogen-bond donors (Lipinski definition) is 2. The number of rotatable bonds is 5. The normalized spacial score (nSPS) is 16.2. The summed E-state index contributed by atoms with van der Waals surface area (Å²) in [6, 6.07) is 15.1. The summed E-state index contributed by atoms with van der Waals surface area (Å²) >= 11 is 0. The van der Waals surface area contributed by atoms with Crippen LogP contribution in [0.1, 0.15) is 24.2 Å². The Morgan fingerprint density at radius 3 is 2.77 bits per heavy atom. The molecular formula is C24H23N5O2. The molecule has 7 nitrogen and oxygen atoms in total. The average Bonchev–Trinajstić information content (AvgIpc) is 3.49. The van der Waals surface area contributed by atoms with Gasteiger partial charge < -0.3 is 19.8 Å². The van der Waals surface area contributed by atoms with Gasteiger partial charge in [-0.3, -0.25) is 9.59 Å². The third kappa shape index (κ3) is 3.59. The van der Waals surface area contributed by atoms with E-state index in [9.17, 15) is 9.59 Å². The number of anilines is 1. The molecule has 2 amide bonds. The number of aromatic nitrogens is 3. The molecule has 7 heteroatoms. The Bertz CT molecular complexity index is 1250. The fourth-order valence-electron chi connectivity index (χ4n) is 4.23. The molecule has 0 spiro atoms. The van der Waals surface area contributed by atoms with Crippen LogP contribution in [0.4, 0.5) is 5.69 Å². The van der Waals surface area contributed by atoms with Gasteiger partial charge in [0.1, 0.15) is 11.9 Å². The van der Waals surface area contributed by atoms with E-state index in [-0.39, 0.29) is 11.8 Å². The highest BCUT2D eigenvalue weighted by molar-refractivity contribution is 5.99. The van der Waals surface area contributed by atoms with E-state index >= 15 is 0 Å². The lowest BCUT2D eigenvalue weighted by Crippen LogP contribution is -2.41. The van der Waals surface area contributed by atoms with E-state index in [1.54, 1.807) is 11.1 Å². The molecule has 0 bridgehead atoms. The standard InChI is InChI=1S/C24H23N5O2/c1-16-25-12-13-28(16)19-8-6-18(7-9-19)27-24(31)22-10-11-23(30)29(22)15-17-14-26-21-5-3-2-4-20(17)21/h2-9,12-14,22,26H,10-11,15H2,1H3,(H,27,31). The maximum atomic E-state index is 13.0. The Labute approximate surface area is 179 Å². The molecule has 1 unspecified atom stereocenters. The van der Waals surface area contributed by atoms with Gasteiger partial charge in [-0.15, -0.1) is 0 Å². The van der Waals surface area contributed by atoms with Gasteiger partial charge in [-0.25, -0.2) is 4.98 Å². The maximum absolute atomic E-state index is 13.0. The lowest BCUT2D eigenvalue weighted by atomic mass is 10.1. The number of aryl methyl sites for hydroxylation is 1. The van der Waals surface area contributed by atoms with E-state index in [0.29, 0.717) is 25.1 Å². The number of carbonyl (C=O) groups is 2. The number of hydrogen-bond acceptors (Lipinski definition) is 3. The summed E-state index contributed by atoms with van der Waals surface area (Å²) in [6.07, 6.45) is 6.49. The molecule has 1 atom stereocenters. The Morgan fingerprint density at radius 1 is 1.19 bits per heavy atom. The van der Waals surface area contributed by atoms with Gasteiger partial charge in [0.15, 0.2) is 0 Å². The summed E-state index contributed by atoms with van der Waals surface area (Å²) in [5, 5.41) is 4.05. The molecule has 2 aromatic heterocycles. The Kier molecular flexibility index (Phi) is 4.78. The van der Waals surface area contributed by atoms with Gasteiger partial charge in [0.2, 0.25) is 11.8 Å². The zero-order chi connectivity index (χ0) is 21.4. The summed E-state index contributed by atoms with van der Waals surface area (Å²) in [5.74, 6) is 0.753. The zero-order valence-corrected chi connectivity index (χ0v) is 17.2. The van der Waals surface area contributed by atoms with Crippen LogP contribution < -0.4 is 5.32 Å².